The second-order valence-corrected chi connectivity index (χ2v) is 8.90. The molecule has 0 saturated heterocycles. The van der Waals surface area contributed by atoms with Crippen LogP contribution in [0.3, 0.4) is 0 Å². The lowest BCUT2D eigenvalue weighted by Crippen LogP contribution is -2.50. The molecule has 220 valence electrons. The van der Waals surface area contributed by atoms with Crippen molar-refractivity contribution in [2.24, 2.45) is 0 Å². The highest BCUT2D eigenvalue weighted by Crippen LogP contribution is 2.54. The Kier molecular flexibility index (Phi) is 9.92. The summed E-state index contributed by atoms with van der Waals surface area (Å²) in [4.78, 5) is 35.6. The van der Waals surface area contributed by atoms with Crippen molar-refractivity contribution in [1.82, 2.24) is 0 Å². The molecule has 0 aromatic heterocycles. The van der Waals surface area contributed by atoms with Gasteiger partial charge < -0.3 is 15.3 Å². The molecule has 41 heavy (non-hydrogen) atoms. The maximum atomic E-state index is 14.6. The monoisotopic (exact) mass is 586 g/mol. The molecule has 0 heterocycles. The molecule has 6 nitrogen and oxygen atoms in total. The molecule has 0 bridgehead atoms. The van der Waals surface area contributed by atoms with Gasteiger partial charge in [-0.15, -0.1) is 0 Å². The molecule has 0 aliphatic rings. The SMILES string of the molecule is CC(=O)O.Cc1cc(C(F)(C(F)(F)F)C(F)(F)F)cc(C)c1N(C)C(=O)c1cccc(NC(=O)c2ccccc2)c1. The Morgan fingerprint density at radius 3 is 1.68 bits per heavy atom. The molecule has 0 fully saturated rings. The van der Waals surface area contributed by atoms with Crippen LogP contribution in [-0.2, 0) is 10.5 Å². The molecule has 0 saturated carbocycles. The van der Waals surface area contributed by atoms with Gasteiger partial charge in [0.15, 0.2) is 0 Å². The van der Waals surface area contributed by atoms with E-state index in [9.17, 15) is 40.3 Å². The van der Waals surface area contributed by atoms with Crippen LogP contribution in [0, 0.1) is 13.8 Å². The summed E-state index contributed by atoms with van der Waals surface area (Å²) in [6.07, 6.45) is -12.5. The lowest BCUT2D eigenvalue weighted by atomic mass is 9.90. The second kappa shape index (κ2) is 12.4. The number of rotatable bonds is 5. The molecule has 2 N–H and O–H groups in total. The van der Waals surface area contributed by atoms with Gasteiger partial charge in [-0.25, -0.2) is 4.39 Å². The molecule has 0 atom stereocenters. The van der Waals surface area contributed by atoms with E-state index in [1.54, 1.807) is 30.3 Å². The summed E-state index contributed by atoms with van der Waals surface area (Å²) >= 11 is 0. The molecule has 3 aromatic rings. The number of anilines is 2. The number of carbonyl (C=O) groups is 3. The van der Waals surface area contributed by atoms with E-state index in [1.807, 2.05) is 0 Å². The molecule has 3 rings (SSSR count). The van der Waals surface area contributed by atoms with Crippen LogP contribution in [0.1, 0.15) is 44.3 Å². The Labute approximate surface area is 230 Å². The van der Waals surface area contributed by atoms with Crippen LogP contribution in [0.5, 0.6) is 0 Å². The number of carboxylic acids is 1. The molecule has 0 radical (unpaired) electrons. The van der Waals surface area contributed by atoms with E-state index in [1.165, 1.54) is 45.2 Å². The number of hydrogen-bond acceptors (Lipinski definition) is 3. The number of hydrogen-bond donors (Lipinski definition) is 2. The van der Waals surface area contributed by atoms with Gasteiger partial charge in [-0.2, -0.15) is 26.3 Å². The van der Waals surface area contributed by atoms with Gasteiger partial charge >= 0.3 is 18.0 Å². The summed E-state index contributed by atoms with van der Waals surface area (Å²) in [6, 6.07) is 15.0. The Morgan fingerprint density at radius 1 is 0.756 bits per heavy atom. The van der Waals surface area contributed by atoms with E-state index in [4.69, 9.17) is 9.90 Å². The first-order chi connectivity index (χ1) is 18.8. The molecule has 0 spiro atoms. The lowest BCUT2D eigenvalue weighted by Gasteiger charge is -2.32. The van der Waals surface area contributed by atoms with Crippen molar-refractivity contribution in [3.8, 4) is 0 Å². The molecule has 0 unspecified atom stereocenters. The van der Waals surface area contributed by atoms with E-state index in [2.05, 4.69) is 5.32 Å². The number of amides is 2. The van der Waals surface area contributed by atoms with Crippen LogP contribution in [0.2, 0.25) is 0 Å². The van der Waals surface area contributed by atoms with Gasteiger partial charge in [0.25, 0.3) is 17.8 Å². The van der Waals surface area contributed by atoms with E-state index in [-0.39, 0.29) is 28.1 Å². The number of nitrogens with one attached hydrogen (secondary N) is 1. The summed E-state index contributed by atoms with van der Waals surface area (Å²) < 4.78 is 93.8. The van der Waals surface area contributed by atoms with Crippen molar-refractivity contribution in [2.45, 2.75) is 38.8 Å². The van der Waals surface area contributed by atoms with Crippen LogP contribution >= 0.6 is 0 Å². The predicted molar refractivity (Wildman–Crippen MR) is 138 cm³/mol. The highest BCUT2D eigenvalue weighted by Gasteiger charge is 2.73. The number of carbonyl (C=O) groups excluding carboxylic acids is 2. The minimum absolute atomic E-state index is 0.0131. The zero-order valence-corrected chi connectivity index (χ0v) is 22.1. The van der Waals surface area contributed by atoms with E-state index in [0.717, 1.165) is 11.8 Å². The fourth-order valence-electron chi connectivity index (χ4n) is 3.99. The molecular weight excluding hydrogens is 561 g/mol. The standard InChI is InChI=1S/C26H21F7N2O2.C2H4O2/c1-15-12-19(24(27,25(28,29)30)26(31,32)33)13-16(2)21(15)35(3)23(37)18-10-7-11-20(14-18)34-22(36)17-8-5-4-6-9-17;1-2(3)4/h4-14H,1-3H3,(H,34,36);1H3,(H,3,4). The topological polar surface area (TPSA) is 86.7 Å². The first-order valence-electron chi connectivity index (χ1n) is 11.7. The minimum Gasteiger partial charge on any atom is -0.481 e. The number of alkyl halides is 7. The van der Waals surface area contributed by atoms with Crippen molar-refractivity contribution in [2.75, 3.05) is 17.3 Å². The number of halogens is 7. The van der Waals surface area contributed by atoms with Gasteiger partial charge in [0.2, 0.25) is 0 Å². The van der Waals surface area contributed by atoms with Crippen LogP contribution in [0.15, 0.2) is 66.7 Å². The highest BCUT2D eigenvalue weighted by molar-refractivity contribution is 6.08. The average Bonchev–Trinajstić information content (AvgIpc) is 2.86. The van der Waals surface area contributed by atoms with Gasteiger partial charge in [-0.1, -0.05) is 36.4 Å². The molecule has 0 aliphatic heterocycles. The van der Waals surface area contributed by atoms with E-state index < -0.39 is 41.4 Å². The van der Waals surface area contributed by atoms with Crippen molar-refractivity contribution >= 4 is 29.2 Å². The Bertz CT molecular complexity index is 1380. The summed E-state index contributed by atoms with van der Waals surface area (Å²) in [5, 5.41) is 10.1. The maximum Gasteiger partial charge on any atom is 0.435 e. The smallest absolute Gasteiger partial charge is 0.435 e. The van der Waals surface area contributed by atoms with Gasteiger partial charge in [0, 0.05) is 42.0 Å². The average molecular weight is 587 g/mol. The number of carboxylic acid groups (broad SMARTS) is 1. The van der Waals surface area contributed by atoms with E-state index in [0.29, 0.717) is 17.7 Å². The lowest BCUT2D eigenvalue weighted by molar-refractivity contribution is -0.348. The third-order valence-electron chi connectivity index (χ3n) is 5.71. The largest absolute Gasteiger partial charge is 0.481 e. The number of nitrogens with zero attached hydrogens (tertiary/aromatic N) is 1. The third-order valence-corrected chi connectivity index (χ3v) is 5.71. The summed E-state index contributed by atoms with van der Waals surface area (Å²) in [7, 11) is 1.28. The summed E-state index contributed by atoms with van der Waals surface area (Å²) in [5.74, 6) is -1.92. The fourth-order valence-corrected chi connectivity index (χ4v) is 3.99. The Hall–Kier alpha value is -4.42. The van der Waals surface area contributed by atoms with Gasteiger partial charge in [0.1, 0.15) is 0 Å². The van der Waals surface area contributed by atoms with Gasteiger partial charge in [-0.05, 0) is 55.3 Å². The molecular formula is C28H25F7N2O4. The zero-order valence-electron chi connectivity index (χ0n) is 22.1. The van der Waals surface area contributed by atoms with Gasteiger partial charge in [0.05, 0.1) is 0 Å². The van der Waals surface area contributed by atoms with E-state index >= 15 is 0 Å². The maximum absolute atomic E-state index is 14.6. The summed E-state index contributed by atoms with van der Waals surface area (Å²) in [5.41, 5.74) is -6.79. The minimum atomic E-state index is -6.25. The Morgan fingerprint density at radius 2 is 1.22 bits per heavy atom. The predicted octanol–water partition coefficient (Wildman–Crippen LogP) is 7.21. The number of aliphatic carboxylic acids is 1. The number of aryl methyl sites for hydroxylation is 2. The summed E-state index contributed by atoms with van der Waals surface area (Å²) in [6.45, 7) is 3.44. The first kappa shape index (κ1) is 32.8. The van der Waals surface area contributed by atoms with Crippen LogP contribution in [0.4, 0.5) is 42.1 Å². The normalized spacial score (nSPS) is 11.7. The van der Waals surface area contributed by atoms with Crippen molar-refractivity contribution < 1.29 is 50.2 Å². The quantitative estimate of drug-likeness (QED) is 0.310. The van der Waals surface area contributed by atoms with Crippen LogP contribution in [-0.4, -0.2) is 42.3 Å². The van der Waals surface area contributed by atoms with Crippen LogP contribution in [0.25, 0.3) is 0 Å². The van der Waals surface area contributed by atoms with Crippen molar-refractivity contribution in [3.05, 3.63) is 94.5 Å². The molecule has 2 amide bonds. The Balaban J connectivity index is 0.00000138. The van der Waals surface area contributed by atoms with Crippen molar-refractivity contribution in [3.63, 3.8) is 0 Å². The van der Waals surface area contributed by atoms with Crippen LogP contribution < -0.4 is 10.2 Å². The molecule has 3 aromatic carbocycles. The highest BCUT2D eigenvalue weighted by atomic mass is 19.4. The first-order valence-corrected chi connectivity index (χ1v) is 11.7. The van der Waals surface area contributed by atoms with Crippen molar-refractivity contribution in [1.29, 1.82) is 0 Å². The zero-order chi connectivity index (χ0) is 31.3. The molecule has 0 aliphatic carbocycles. The molecule has 13 heteroatoms. The number of benzene rings is 3. The second-order valence-electron chi connectivity index (χ2n) is 8.90. The third kappa shape index (κ3) is 7.41. The fraction of sp³-hybridized carbons (Fsp3) is 0.250. The van der Waals surface area contributed by atoms with Gasteiger partial charge in [-0.3, -0.25) is 14.4 Å².